The van der Waals surface area contributed by atoms with Gasteiger partial charge in [-0.1, -0.05) is 0 Å². The fraction of sp³-hybridized carbons (Fsp3) is 0.462. The summed E-state index contributed by atoms with van der Waals surface area (Å²) >= 11 is 0.335. The molecule has 0 saturated heterocycles. The van der Waals surface area contributed by atoms with E-state index in [0.29, 0.717) is 15.0 Å². The number of nitrogens with zero attached hydrogens (tertiary/aromatic N) is 1. The summed E-state index contributed by atoms with van der Waals surface area (Å²) in [6.45, 7) is 6.49. The normalized spacial score (nSPS) is 24.0. The SMILES string of the molecule is Cc1ccc(C2=NC(O)CC(C)(C)[Se]2)cc1. The van der Waals surface area contributed by atoms with Crippen molar-refractivity contribution in [2.24, 2.45) is 4.99 Å². The monoisotopic (exact) mass is 283 g/mol. The van der Waals surface area contributed by atoms with Crippen molar-refractivity contribution in [3.63, 3.8) is 0 Å². The summed E-state index contributed by atoms with van der Waals surface area (Å²) in [6, 6.07) is 8.40. The third-order valence-electron chi connectivity index (χ3n) is 2.61. The third-order valence-corrected chi connectivity index (χ3v) is 5.24. The van der Waals surface area contributed by atoms with E-state index in [1.54, 1.807) is 0 Å². The second-order valence-electron chi connectivity index (χ2n) is 4.85. The maximum atomic E-state index is 9.75. The van der Waals surface area contributed by atoms with Gasteiger partial charge in [-0.2, -0.15) is 0 Å². The summed E-state index contributed by atoms with van der Waals surface area (Å²) in [4.78, 5) is 4.38. The van der Waals surface area contributed by atoms with Gasteiger partial charge >= 0.3 is 103 Å². The van der Waals surface area contributed by atoms with Crippen molar-refractivity contribution in [3.05, 3.63) is 35.4 Å². The van der Waals surface area contributed by atoms with Crippen LogP contribution in [0.25, 0.3) is 0 Å². The average molecular weight is 282 g/mol. The van der Waals surface area contributed by atoms with E-state index in [1.165, 1.54) is 5.56 Å². The minimum atomic E-state index is -0.526. The predicted molar refractivity (Wildman–Crippen MR) is 68.1 cm³/mol. The predicted octanol–water partition coefficient (Wildman–Crippen LogP) is 2.37. The van der Waals surface area contributed by atoms with Gasteiger partial charge in [0.15, 0.2) is 0 Å². The first-order valence-corrected chi connectivity index (χ1v) is 7.19. The standard InChI is InChI=1S/C13H17NOSe/c1-9-4-6-10(7-5-9)12-14-11(15)8-13(2,3)16-12/h4-7,11,15H,8H2,1-3H3. The van der Waals surface area contributed by atoms with E-state index < -0.39 is 6.23 Å². The van der Waals surface area contributed by atoms with E-state index in [-0.39, 0.29) is 4.31 Å². The van der Waals surface area contributed by atoms with Gasteiger partial charge in [-0.25, -0.2) is 0 Å². The number of aliphatic imine (C=N–C) groups is 1. The third kappa shape index (κ3) is 2.73. The molecule has 2 rings (SSSR count). The maximum absolute atomic E-state index is 9.75. The molecule has 0 aromatic heterocycles. The molecule has 1 aromatic carbocycles. The Hall–Kier alpha value is -0.631. The van der Waals surface area contributed by atoms with Crippen LogP contribution in [0.5, 0.6) is 0 Å². The second kappa shape index (κ2) is 4.32. The topological polar surface area (TPSA) is 32.6 Å². The van der Waals surface area contributed by atoms with Crippen molar-refractivity contribution < 1.29 is 5.11 Å². The van der Waals surface area contributed by atoms with Gasteiger partial charge in [0.05, 0.1) is 0 Å². The Morgan fingerprint density at radius 1 is 1.31 bits per heavy atom. The molecule has 1 aromatic rings. The van der Waals surface area contributed by atoms with Crippen LogP contribution in [0, 0.1) is 6.92 Å². The van der Waals surface area contributed by atoms with Crippen molar-refractivity contribution in [1.29, 1.82) is 0 Å². The molecule has 1 atom stereocenters. The number of aliphatic hydroxyl groups is 1. The van der Waals surface area contributed by atoms with Crippen molar-refractivity contribution in [2.75, 3.05) is 0 Å². The van der Waals surface area contributed by atoms with Crippen molar-refractivity contribution in [2.45, 2.75) is 37.7 Å². The second-order valence-corrected chi connectivity index (χ2v) is 8.41. The number of hydrogen-bond donors (Lipinski definition) is 1. The molecule has 0 radical (unpaired) electrons. The Labute approximate surface area is 103 Å². The summed E-state index contributed by atoms with van der Waals surface area (Å²) in [5.41, 5.74) is 2.42. The van der Waals surface area contributed by atoms with Crippen LogP contribution in [-0.2, 0) is 0 Å². The van der Waals surface area contributed by atoms with Gasteiger partial charge in [0.25, 0.3) is 0 Å². The summed E-state index contributed by atoms with van der Waals surface area (Å²) in [7, 11) is 0. The quantitative estimate of drug-likeness (QED) is 0.788. The zero-order chi connectivity index (χ0) is 11.8. The molecule has 0 fully saturated rings. The van der Waals surface area contributed by atoms with Gasteiger partial charge in [0, 0.05) is 0 Å². The van der Waals surface area contributed by atoms with E-state index >= 15 is 0 Å². The molecule has 1 N–H and O–H groups in total. The van der Waals surface area contributed by atoms with Crippen LogP contribution < -0.4 is 0 Å². The molecule has 86 valence electrons. The van der Waals surface area contributed by atoms with Gasteiger partial charge in [0.1, 0.15) is 0 Å². The van der Waals surface area contributed by atoms with E-state index in [0.717, 1.165) is 16.6 Å². The van der Waals surface area contributed by atoms with Crippen LogP contribution in [0.2, 0.25) is 4.31 Å². The first kappa shape index (κ1) is 11.8. The van der Waals surface area contributed by atoms with E-state index in [1.807, 2.05) is 0 Å². The minimum absolute atomic E-state index is 0.203. The first-order valence-electron chi connectivity index (χ1n) is 5.48. The molecule has 0 saturated carbocycles. The van der Waals surface area contributed by atoms with Gasteiger partial charge in [-0.3, -0.25) is 0 Å². The van der Waals surface area contributed by atoms with Crippen LogP contribution in [-0.4, -0.2) is 30.9 Å². The van der Waals surface area contributed by atoms with Crippen LogP contribution in [0.15, 0.2) is 29.3 Å². The van der Waals surface area contributed by atoms with Crippen LogP contribution >= 0.6 is 0 Å². The molecule has 1 heterocycles. The molecule has 0 bridgehead atoms. The van der Waals surface area contributed by atoms with Gasteiger partial charge in [-0.15, -0.1) is 0 Å². The Kier molecular flexibility index (Phi) is 3.20. The van der Waals surface area contributed by atoms with Crippen LogP contribution in [0.3, 0.4) is 0 Å². The molecular formula is C13H17NOSe. The summed E-state index contributed by atoms with van der Waals surface area (Å²) in [5, 5.41) is 9.75. The molecule has 1 aliphatic rings. The molecule has 0 spiro atoms. The molecule has 0 amide bonds. The molecule has 16 heavy (non-hydrogen) atoms. The molecule has 1 unspecified atom stereocenters. The number of hydrogen-bond acceptors (Lipinski definition) is 2. The molecule has 0 aliphatic carbocycles. The Morgan fingerprint density at radius 2 is 1.94 bits per heavy atom. The van der Waals surface area contributed by atoms with Gasteiger partial charge in [-0.05, 0) is 0 Å². The van der Waals surface area contributed by atoms with Crippen LogP contribution in [0.1, 0.15) is 31.4 Å². The fourth-order valence-corrected chi connectivity index (χ4v) is 4.26. The number of benzene rings is 1. The summed E-state index contributed by atoms with van der Waals surface area (Å²) in [5.74, 6) is 0. The Morgan fingerprint density at radius 3 is 2.50 bits per heavy atom. The first-order chi connectivity index (χ1) is 7.46. The van der Waals surface area contributed by atoms with E-state index in [9.17, 15) is 5.11 Å². The zero-order valence-corrected chi connectivity index (χ0v) is 11.6. The molecule has 2 nitrogen and oxygen atoms in total. The van der Waals surface area contributed by atoms with Crippen molar-refractivity contribution >= 4 is 19.6 Å². The Balaban J connectivity index is 2.30. The molecule has 1 aliphatic heterocycles. The number of aryl methyl sites for hydroxylation is 1. The number of rotatable bonds is 1. The summed E-state index contributed by atoms with van der Waals surface area (Å²) < 4.78 is 1.30. The van der Waals surface area contributed by atoms with Gasteiger partial charge < -0.3 is 0 Å². The van der Waals surface area contributed by atoms with Crippen LogP contribution in [0.4, 0.5) is 0 Å². The zero-order valence-electron chi connectivity index (χ0n) is 9.90. The van der Waals surface area contributed by atoms with E-state index in [2.05, 4.69) is 50.0 Å². The number of aliphatic hydroxyl groups excluding tert-OH is 1. The van der Waals surface area contributed by atoms with E-state index in [4.69, 9.17) is 0 Å². The van der Waals surface area contributed by atoms with Gasteiger partial charge in [0.2, 0.25) is 0 Å². The summed E-state index contributed by atoms with van der Waals surface area (Å²) in [6.07, 6.45) is 0.254. The van der Waals surface area contributed by atoms with Crippen molar-refractivity contribution in [3.8, 4) is 0 Å². The molecular weight excluding hydrogens is 265 g/mol. The average Bonchev–Trinajstić information content (AvgIpc) is 2.15. The molecule has 3 heteroatoms. The Bertz CT molecular complexity index is 408. The van der Waals surface area contributed by atoms with Crippen molar-refractivity contribution in [1.82, 2.24) is 0 Å². The fourth-order valence-electron chi connectivity index (χ4n) is 1.78.